The van der Waals surface area contributed by atoms with Crippen LogP contribution in [0.1, 0.15) is 51.3 Å². The number of nitrogens with one attached hydrogen (secondary N) is 2. The van der Waals surface area contributed by atoms with Crippen molar-refractivity contribution in [1.82, 2.24) is 0 Å². The molecule has 0 atom stereocenters. The van der Waals surface area contributed by atoms with E-state index in [0.717, 1.165) is 6.42 Å². The minimum absolute atomic E-state index is 0.127. The Balaban J connectivity index is 1.66. The van der Waals surface area contributed by atoms with Gasteiger partial charge in [-0.3, -0.25) is 14.4 Å². The number of hydrogen-bond donors (Lipinski definition) is 2. The van der Waals surface area contributed by atoms with Crippen LogP contribution in [0, 0.1) is 0 Å². The maximum Gasteiger partial charge on any atom is 0.255 e. The van der Waals surface area contributed by atoms with Crippen LogP contribution in [0.2, 0.25) is 0 Å². The van der Waals surface area contributed by atoms with Crippen molar-refractivity contribution in [2.75, 3.05) is 17.2 Å². The molecule has 0 saturated carbocycles. The van der Waals surface area contributed by atoms with Crippen molar-refractivity contribution < 1.29 is 19.1 Å². The Morgan fingerprint density at radius 3 is 2.23 bits per heavy atom. The quantitative estimate of drug-likeness (QED) is 0.496. The number of anilines is 2. The Hall–Kier alpha value is -3.93. The lowest BCUT2D eigenvalue weighted by Crippen LogP contribution is -2.15. The van der Waals surface area contributed by atoms with Crippen molar-refractivity contribution >= 4 is 29.0 Å². The van der Waals surface area contributed by atoms with E-state index >= 15 is 0 Å². The van der Waals surface area contributed by atoms with E-state index < -0.39 is 0 Å². The molecule has 0 aliphatic heterocycles. The summed E-state index contributed by atoms with van der Waals surface area (Å²) in [6.45, 7) is 4.06. The number of amides is 2. The van der Waals surface area contributed by atoms with E-state index in [1.807, 2.05) is 13.0 Å². The topological polar surface area (TPSA) is 84.5 Å². The number of rotatable bonds is 8. The molecule has 0 unspecified atom stereocenters. The largest absolute Gasteiger partial charge is 0.494 e. The first kappa shape index (κ1) is 21.8. The molecule has 0 saturated heterocycles. The summed E-state index contributed by atoms with van der Waals surface area (Å²) in [5.41, 5.74) is 2.36. The molecule has 3 aromatic rings. The highest BCUT2D eigenvalue weighted by Gasteiger charge is 2.12. The van der Waals surface area contributed by atoms with Crippen molar-refractivity contribution in [3.05, 3.63) is 89.5 Å². The van der Waals surface area contributed by atoms with E-state index in [9.17, 15) is 14.4 Å². The van der Waals surface area contributed by atoms with E-state index in [-0.39, 0.29) is 17.6 Å². The molecule has 0 bridgehead atoms. The second kappa shape index (κ2) is 10.2. The van der Waals surface area contributed by atoms with Gasteiger partial charge >= 0.3 is 0 Å². The Labute approximate surface area is 181 Å². The first-order valence-electron chi connectivity index (χ1n) is 10.0. The third-order valence-corrected chi connectivity index (χ3v) is 4.53. The zero-order valence-electron chi connectivity index (χ0n) is 17.5. The molecule has 0 spiro atoms. The zero-order chi connectivity index (χ0) is 22.2. The molecule has 6 nitrogen and oxygen atoms in total. The average molecular weight is 416 g/mol. The van der Waals surface area contributed by atoms with Gasteiger partial charge in [0, 0.05) is 22.4 Å². The van der Waals surface area contributed by atoms with Gasteiger partial charge in [0.1, 0.15) is 5.75 Å². The molecule has 2 amide bonds. The fourth-order valence-electron chi connectivity index (χ4n) is 2.95. The molecule has 31 heavy (non-hydrogen) atoms. The molecular weight excluding hydrogens is 392 g/mol. The van der Waals surface area contributed by atoms with Crippen molar-refractivity contribution in [3.8, 4) is 5.75 Å². The van der Waals surface area contributed by atoms with Crippen LogP contribution in [0.5, 0.6) is 5.75 Å². The van der Waals surface area contributed by atoms with E-state index in [0.29, 0.717) is 40.4 Å². The molecule has 0 aliphatic rings. The van der Waals surface area contributed by atoms with Gasteiger partial charge in [-0.05, 0) is 67.9 Å². The first-order chi connectivity index (χ1) is 15.0. The number of Topliss-reactive ketones (excluding diaryl/α,β-unsaturated/α-hetero) is 1. The van der Waals surface area contributed by atoms with Crippen LogP contribution >= 0.6 is 0 Å². The summed E-state index contributed by atoms with van der Waals surface area (Å²) in [5, 5.41) is 5.57. The minimum Gasteiger partial charge on any atom is -0.494 e. The summed E-state index contributed by atoms with van der Waals surface area (Å²) in [6.07, 6.45) is 0.886. The molecule has 3 aromatic carbocycles. The summed E-state index contributed by atoms with van der Waals surface area (Å²) in [5.74, 6) is -0.0904. The number of benzene rings is 3. The molecule has 3 rings (SSSR count). The number of carbonyl (C=O) groups is 3. The van der Waals surface area contributed by atoms with Gasteiger partial charge in [-0.15, -0.1) is 0 Å². The number of hydrogen-bond acceptors (Lipinski definition) is 4. The van der Waals surface area contributed by atoms with Crippen molar-refractivity contribution in [2.45, 2.75) is 20.3 Å². The highest BCUT2D eigenvalue weighted by Crippen LogP contribution is 2.19. The number of ether oxygens (including phenoxy) is 1. The number of carbonyl (C=O) groups excluding carboxylic acids is 3. The van der Waals surface area contributed by atoms with E-state index in [1.54, 1.807) is 66.7 Å². The van der Waals surface area contributed by atoms with Gasteiger partial charge in [-0.2, -0.15) is 0 Å². The average Bonchev–Trinajstić information content (AvgIpc) is 2.78. The Morgan fingerprint density at radius 2 is 1.52 bits per heavy atom. The van der Waals surface area contributed by atoms with Gasteiger partial charge < -0.3 is 15.4 Å². The molecule has 158 valence electrons. The number of para-hydroxylation sites is 1. The van der Waals surface area contributed by atoms with Crippen LogP contribution in [0.3, 0.4) is 0 Å². The Morgan fingerprint density at radius 1 is 0.806 bits per heavy atom. The van der Waals surface area contributed by atoms with Crippen molar-refractivity contribution in [3.63, 3.8) is 0 Å². The lowest BCUT2D eigenvalue weighted by atomic mass is 10.1. The lowest BCUT2D eigenvalue weighted by molar-refractivity contribution is 0.101. The van der Waals surface area contributed by atoms with Crippen LogP contribution in [0.25, 0.3) is 0 Å². The molecule has 0 heterocycles. The second-order valence-corrected chi connectivity index (χ2v) is 6.96. The van der Waals surface area contributed by atoms with E-state index in [2.05, 4.69) is 10.6 Å². The molecular formula is C25H24N2O4. The molecule has 0 aromatic heterocycles. The Kier molecular flexibility index (Phi) is 7.17. The summed E-state index contributed by atoms with van der Waals surface area (Å²) in [6, 6.07) is 20.4. The fourth-order valence-corrected chi connectivity index (χ4v) is 2.95. The molecule has 0 radical (unpaired) electrons. The van der Waals surface area contributed by atoms with Crippen LogP contribution in [-0.4, -0.2) is 24.2 Å². The van der Waals surface area contributed by atoms with Crippen LogP contribution < -0.4 is 15.4 Å². The van der Waals surface area contributed by atoms with Gasteiger partial charge in [-0.1, -0.05) is 25.1 Å². The molecule has 0 fully saturated rings. The summed E-state index contributed by atoms with van der Waals surface area (Å²) < 4.78 is 5.56. The predicted molar refractivity (Wildman–Crippen MR) is 121 cm³/mol. The highest BCUT2D eigenvalue weighted by molar-refractivity contribution is 6.09. The van der Waals surface area contributed by atoms with Gasteiger partial charge in [0.2, 0.25) is 0 Å². The van der Waals surface area contributed by atoms with Gasteiger partial charge in [0.25, 0.3) is 11.8 Å². The van der Waals surface area contributed by atoms with Crippen LogP contribution in [0.15, 0.2) is 72.8 Å². The third kappa shape index (κ3) is 5.79. The maximum absolute atomic E-state index is 12.5. The van der Waals surface area contributed by atoms with Gasteiger partial charge in [-0.25, -0.2) is 0 Å². The number of ketones is 1. The Bertz CT molecular complexity index is 1090. The molecule has 6 heteroatoms. The normalized spacial score (nSPS) is 10.3. The second-order valence-electron chi connectivity index (χ2n) is 6.96. The fraction of sp³-hybridized carbons (Fsp3) is 0.160. The zero-order valence-corrected chi connectivity index (χ0v) is 17.5. The first-order valence-corrected chi connectivity index (χ1v) is 10.0. The lowest BCUT2D eigenvalue weighted by Gasteiger charge is -2.10. The minimum atomic E-state index is -0.340. The molecule has 2 N–H and O–H groups in total. The van der Waals surface area contributed by atoms with Gasteiger partial charge in [0.05, 0.1) is 12.3 Å². The van der Waals surface area contributed by atoms with Crippen molar-refractivity contribution in [1.29, 1.82) is 0 Å². The molecule has 0 aliphatic carbocycles. The third-order valence-electron chi connectivity index (χ3n) is 4.53. The highest BCUT2D eigenvalue weighted by atomic mass is 16.5. The van der Waals surface area contributed by atoms with Crippen molar-refractivity contribution in [2.24, 2.45) is 0 Å². The summed E-state index contributed by atoms with van der Waals surface area (Å²) >= 11 is 0. The van der Waals surface area contributed by atoms with E-state index in [4.69, 9.17) is 4.74 Å². The summed E-state index contributed by atoms with van der Waals surface area (Å²) in [7, 11) is 0. The van der Waals surface area contributed by atoms with Crippen LogP contribution in [0.4, 0.5) is 11.4 Å². The van der Waals surface area contributed by atoms with E-state index in [1.165, 1.54) is 6.92 Å². The maximum atomic E-state index is 12.5. The predicted octanol–water partition coefficient (Wildman–Crippen LogP) is 5.18. The van der Waals surface area contributed by atoms with Gasteiger partial charge in [0.15, 0.2) is 5.78 Å². The van der Waals surface area contributed by atoms with Crippen LogP contribution in [-0.2, 0) is 0 Å². The standard InChI is InChI=1S/C25H24N2O4/c1-3-15-31-21-8-6-7-19(16-21)25(30)26-20-13-11-18(12-14-20)24(29)27-23-10-5-4-9-22(23)17(2)28/h4-14,16H,3,15H2,1-2H3,(H,26,30)(H,27,29). The smallest absolute Gasteiger partial charge is 0.255 e. The summed E-state index contributed by atoms with van der Waals surface area (Å²) in [4.78, 5) is 36.8. The SMILES string of the molecule is CCCOc1cccc(C(=O)Nc2ccc(C(=O)Nc3ccccc3C(C)=O)cc2)c1. The monoisotopic (exact) mass is 416 g/mol.